The van der Waals surface area contributed by atoms with Crippen molar-refractivity contribution in [2.75, 3.05) is 0 Å². The molecule has 0 amide bonds. The monoisotopic (exact) mass is 307 g/mol. The van der Waals surface area contributed by atoms with Gasteiger partial charge >= 0.3 is 5.56 Å². The molecule has 3 heterocycles. The number of aliphatic hydroxyl groups excluding tert-OH is 1. The summed E-state index contributed by atoms with van der Waals surface area (Å²) < 4.78 is 16.4. The van der Waals surface area contributed by atoms with E-state index in [4.69, 9.17) is 0 Å². The van der Waals surface area contributed by atoms with Gasteiger partial charge in [0.05, 0.1) is 6.20 Å². The first kappa shape index (κ1) is 13.5. The Morgan fingerprint density at radius 1 is 1.00 bits per heavy atom. The molecule has 0 fully saturated rings. The fourth-order valence-corrected chi connectivity index (χ4v) is 2.82. The summed E-state index contributed by atoms with van der Waals surface area (Å²) in [5.74, 6) is -0.387. The highest BCUT2D eigenvalue weighted by Crippen LogP contribution is 2.10. The minimum Gasteiger partial charge on any atom is -0.503 e. The number of nitrogens with zero attached hydrogens (tertiary/aromatic N) is 2. The van der Waals surface area contributed by atoms with Crippen LogP contribution in [0.3, 0.4) is 0 Å². The maximum atomic E-state index is 13.1. The molecular weight excluding hydrogens is 295 g/mol. The van der Waals surface area contributed by atoms with E-state index in [9.17, 15) is 14.3 Å². The van der Waals surface area contributed by atoms with E-state index in [1.165, 1.54) is 34.7 Å². The van der Waals surface area contributed by atoms with Crippen LogP contribution in [0.25, 0.3) is 16.9 Å². The van der Waals surface area contributed by atoms with Gasteiger partial charge in [-0.1, -0.05) is 12.1 Å². The lowest BCUT2D eigenvalue weighted by Crippen LogP contribution is -2.38. The molecule has 3 aromatic heterocycles. The zero-order chi connectivity index (χ0) is 16.0. The number of imidazole rings is 1. The predicted molar refractivity (Wildman–Crippen MR) is 83.6 cm³/mol. The molecular formula is C18H12FN2O2+. The zero-order valence-electron chi connectivity index (χ0n) is 12.0. The molecule has 112 valence electrons. The first-order valence-corrected chi connectivity index (χ1v) is 7.10. The van der Waals surface area contributed by atoms with Crippen molar-refractivity contribution in [3.8, 4) is 0 Å². The number of benzene rings is 1. The Morgan fingerprint density at radius 2 is 1.78 bits per heavy atom. The number of halogens is 1. The fourth-order valence-electron chi connectivity index (χ4n) is 2.82. The van der Waals surface area contributed by atoms with Gasteiger partial charge in [0.1, 0.15) is 5.82 Å². The first-order valence-electron chi connectivity index (χ1n) is 7.10. The molecule has 4 nitrogen and oxygen atoms in total. The lowest BCUT2D eigenvalue weighted by molar-refractivity contribution is -0.525. The Labute approximate surface area is 130 Å². The van der Waals surface area contributed by atoms with Crippen LogP contribution in [0.15, 0.2) is 71.7 Å². The standard InChI is InChI=1S/C18H11FN2O2/c19-13-9-7-12(8-10-13)18(23)17-14-4-3-6-16(22)21(14)15-5-1-2-11-20(15)17/h1-11H/p+1. The van der Waals surface area contributed by atoms with E-state index in [0.29, 0.717) is 22.1 Å². The summed E-state index contributed by atoms with van der Waals surface area (Å²) in [6, 6.07) is 15.9. The van der Waals surface area contributed by atoms with Gasteiger partial charge in [0, 0.05) is 17.7 Å². The Hall–Kier alpha value is -3.21. The number of aromatic nitrogens is 2. The van der Waals surface area contributed by atoms with Crippen LogP contribution in [0.2, 0.25) is 0 Å². The fraction of sp³-hybridized carbons (Fsp3) is 0. The second-order valence-electron chi connectivity index (χ2n) is 5.22. The van der Waals surface area contributed by atoms with Crippen molar-refractivity contribution in [1.82, 2.24) is 4.40 Å². The van der Waals surface area contributed by atoms with Crippen LogP contribution >= 0.6 is 0 Å². The molecule has 0 unspecified atom stereocenters. The number of pyridine rings is 2. The van der Waals surface area contributed by atoms with Crippen LogP contribution in [0.1, 0.15) is 5.56 Å². The summed E-state index contributed by atoms with van der Waals surface area (Å²) in [5.41, 5.74) is 1.54. The smallest absolute Gasteiger partial charge is 0.339 e. The Morgan fingerprint density at radius 3 is 2.57 bits per heavy atom. The van der Waals surface area contributed by atoms with E-state index in [1.54, 1.807) is 28.8 Å². The Kier molecular flexibility index (Phi) is 2.87. The second-order valence-corrected chi connectivity index (χ2v) is 5.22. The van der Waals surface area contributed by atoms with E-state index in [2.05, 4.69) is 0 Å². The molecule has 0 spiro atoms. The molecule has 0 saturated heterocycles. The molecule has 0 saturated carbocycles. The van der Waals surface area contributed by atoms with E-state index in [1.807, 2.05) is 12.1 Å². The summed E-state index contributed by atoms with van der Waals surface area (Å²) in [5, 5.41) is 11.2. The number of hydrogen-bond donors (Lipinski definition) is 1. The van der Waals surface area contributed by atoms with Crippen LogP contribution in [0, 0.1) is 5.82 Å². The first-order chi connectivity index (χ1) is 11.2. The van der Waals surface area contributed by atoms with Gasteiger partial charge in [-0.3, -0.25) is 0 Å². The maximum Gasteiger partial charge on any atom is 0.339 e. The van der Waals surface area contributed by atoms with Crippen molar-refractivity contribution in [2.24, 2.45) is 0 Å². The maximum absolute atomic E-state index is 13.1. The van der Waals surface area contributed by atoms with Gasteiger partial charge in [0.15, 0.2) is 11.3 Å². The second kappa shape index (κ2) is 4.91. The third-order valence-electron chi connectivity index (χ3n) is 3.85. The highest BCUT2D eigenvalue weighted by atomic mass is 19.1. The minimum absolute atomic E-state index is 0.0145. The van der Waals surface area contributed by atoms with Gasteiger partial charge in [-0.2, -0.15) is 8.80 Å². The third-order valence-corrected chi connectivity index (χ3v) is 3.85. The molecule has 4 aromatic rings. The summed E-state index contributed by atoms with van der Waals surface area (Å²) in [7, 11) is 0. The van der Waals surface area contributed by atoms with Gasteiger partial charge in [0.25, 0.3) is 5.65 Å². The molecule has 0 radical (unpaired) electrons. The number of hydrogen-bond acceptors (Lipinski definition) is 2. The van der Waals surface area contributed by atoms with Gasteiger partial charge in [-0.15, -0.1) is 0 Å². The quantitative estimate of drug-likeness (QED) is 0.543. The molecule has 1 aromatic carbocycles. The van der Waals surface area contributed by atoms with Crippen molar-refractivity contribution in [3.63, 3.8) is 0 Å². The van der Waals surface area contributed by atoms with E-state index in [0.717, 1.165) is 0 Å². The number of aliphatic hydroxyl groups is 1. The van der Waals surface area contributed by atoms with Gasteiger partial charge in [-0.25, -0.2) is 9.18 Å². The zero-order valence-corrected chi connectivity index (χ0v) is 12.0. The number of fused-ring (bicyclic) bond motifs is 3. The average Bonchev–Trinajstić information content (AvgIpc) is 2.90. The highest BCUT2D eigenvalue weighted by molar-refractivity contribution is 5.65. The van der Waals surface area contributed by atoms with Gasteiger partial charge in [-0.05, 0) is 36.4 Å². The SMILES string of the molecule is O=c1cccc2/c(=C(\O)c3ccc(F)cc3)[n+]3ccccc3n12. The molecule has 23 heavy (non-hydrogen) atoms. The lowest BCUT2D eigenvalue weighted by atomic mass is 10.1. The van der Waals surface area contributed by atoms with Gasteiger partial charge < -0.3 is 5.11 Å². The summed E-state index contributed by atoms with van der Waals surface area (Å²) in [6.07, 6.45) is 1.77. The van der Waals surface area contributed by atoms with Crippen molar-refractivity contribution in [1.29, 1.82) is 0 Å². The average molecular weight is 307 g/mol. The Balaban J connectivity index is 2.25. The van der Waals surface area contributed by atoms with E-state index >= 15 is 0 Å². The Bertz CT molecular complexity index is 1150. The molecule has 0 aliphatic rings. The summed E-state index contributed by atoms with van der Waals surface area (Å²) in [6.45, 7) is 0. The van der Waals surface area contributed by atoms with Gasteiger partial charge in [0.2, 0.25) is 5.35 Å². The van der Waals surface area contributed by atoms with Crippen molar-refractivity contribution in [2.45, 2.75) is 0 Å². The van der Waals surface area contributed by atoms with Crippen LogP contribution < -0.4 is 15.3 Å². The van der Waals surface area contributed by atoms with Crippen LogP contribution in [-0.2, 0) is 0 Å². The minimum atomic E-state index is -0.373. The molecule has 0 atom stereocenters. The van der Waals surface area contributed by atoms with Crippen molar-refractivity contribution < 1.29 is 13.9 Å². The molecule has 4 rings (SSSR count). The van der Waals surface area contributed by atoms with Crippen molar-refractivity contribution >= 4 is 16.9 Å². The highest BCUT2D eigenvalue weighted by Gasteiger charge is 2.20. The molecule has 0 aliphatic heterocycles. The van der Waals surface area contributed by atoms with E-state index < -0.39 is 0 Å². The molecule has 1 N–H and O–H groups in total. The topological polar surface area (TPSA) is 45.8 Å². The van der Waals surface area contributed by atoms with Crippen LogP contribution in [0.4, 0.5) is 4.39 Å². The molecule has 0 aliphatic carbocycles. The van der Waals surface area contributed by atoms with E-state index in [-0.39, 0.29) is 17.1 Å². The predicted octanol–water partition coefficient (Wildman–Crippen LogP) is 1.61. The normalized spacial score (nSPS) is 12.7. The molecule has 5 heteroatoms. The lowest BCUT2D eigenvalue weighted by Gasteiger charge is -1.97. The number of rotatable bonds is 1. The molecule has 0 bridgehead atoms. The van der Waals surface area contributed by atoms with Crippen LogP contribution in [-0.4, -0.2) is 9.51 Å². The van der Waals surface area contributed by atoms with Crippen molar-refractivity contribution in [3.05, 3.63) is 93.9 Å². The summed E-state index contributed by atoms with van der Waals surface area (Å²) in [4.78, 5) is 12.2. The third kappa shape index (κ3) is 1.97. The largest absolute Gasteiger partial charge is 0.503 e. The summed E-state index contributed by atoms with van der Waals surface area (Å²) >= 11 is 0. The van der Waals surface area contributed by atoms with Crippen LogP contribution in [0.5, 0.6) is 0 Å².